The number of hydrogen-bond acceptors (Lipinski definition) is 2. The van der Waals surface area contributed by atoms with E-state index >= 15 is 0 Å². The quantitative estimate of drug-likeness (QED) is 0.637. The molecule has 1 unspecified atom stereocenters. The van der Waals surface area contributed by atoms with Crippen molar-refractivity contribution in [1.29, 1.82) is 0 Å². The highest BCUT2D eigenvalue weighted by Gasteiger charge is 2.43. The van der Waals surface area contributed by atoms with Crippen molar-refractivity contribution >= 4 is 6.09 Å². The van der Waals surface area contributed by atoms with Gasteiger partial charge in [-0.3, -0.25) is 4.90 Å². The van der Waals surface area contributed by atoms with Crippen molar-refractivity contribution in [2.24, 2.45) is 5.92 Å². The lowest BCUT2D eigenvalue weighted by molar-refractivity contribution is -0.00969. The van der Waals surface area contributed by atoms with Crippen molar-refractivity contribution in [2.45, 2.75) is 70.4 Å². The number of amides is 1. The van der Waals surface area contributed by atoms with Gasteiger partial charge in [0, 0.05) is 6.54 Å². The summed E-state index contributed by atoms with van der Waals surface area (Å²) in [5, 5.41) is 10.3. The maximum atomic E-state index is 12.5. The molecule has 1 amide bonds. The van der Waals surface area contributed by atoms with Crippen LogP contribution >= 0.6 is 0 Å². The molecular formula is C28H36N2O2. The zero-order valence-corrected chi connectivity index (χ0v) is 19.7. The Labute approximate surface area is 192 Å². The monoisotopic (exact) mass is 432 g/mol. The second-order valence-corrected chi connectivity index (χ2v) is 11.0. The summed E-state index contributed by atoms with van der Waals surface area (Å²) < 4.78 is 0. The Balaban J connectivity index is 1.47. The maximum absolute atomic E-state index is 12.5. The lowest BCUT2D eigenvalue weighted by Gasteiger charge is -2.50. The normalized spacial score (nSPS) is 27.1. The highest BCUT2D eigenvalue weighted by Crippen LogP contribution is 2.41. The molecule has 2 bridgehead atoms. The molecule has 1 N–H and O–H groups in total. The number of carboxylic acid groups (broad SMARTS) is 1. The van der Waals surface area contributed by atoms with Crippen LogP contribution in [0.4, 0.5) is 4.79 Å². The largest absolute Gasteiger partial charge is 0.465 e. The first kappa shape index (κ1) is 21.5. The van der Waals surface area contributed by atoms with Crippen LogP contribution in [0, 0.1) is 5.92 Å². The van der Waals surface area contributed by atoms with E-state index in [9.17, 15) is 9.90 Å². The van der Waals surface area contributed by atoms with E-state index in [4.69, 9.17) is 0 Å². The molecule has 0 aromatic heterocycles. The van der Waals surface area contributed by atoms with Gasteiger partial charge in [0.15, 0.2) is 0 Å². The van der Waals surface area contributed by atoms with Crippen molar-refractivity contribution in [3.8, 4) is 11.1 Å². The fourth-order valence-corrected chi connectivity index (χ4v) is 6.18. The van der Waals surface area contributed by atoms with Gasteiger partial charge < -0.3 is 10.0 Å². The molecule has 4 aliphatic rings. The molecule has 3 heterocycles. The summed E-state index contributed by atoms with van der Waals surface area (Å²) in [7, 11) is 0. The van der Waals surface area contributed by atoms with E-state index in [2.05, 4.69) is 68.1 Å². The van der Waals surface area contributed by atoms with Gasteiger partial charge in [0.05, 0.1) is 12.1 Å². The summed E-state index contributed by atoms with van der Waals surface area (Å²) in [6.45, 7) is 9.91. The van der Waals surface area contributed by atoms with Crippen molar-refractivity contribution in [2.75, 3.05) is 19.6 Å². The molecule has 2 aromatic carbocycles. The number of carbonyl (C=O) groups is 1. The van der Waals surface area contributed by atoms with E-state index in [1.54, 1.807) is 0 Å². The molecule has 170 valence electrons. The van der Waals surface area contributed by atoms with Crippen molar-refractivity contribution in [3.63, 3.8) is 0 Å². The highest BCUT2D eigenvalue weighted by molar-refractivity contribution is 5.69. The molecule has 1 aliphatic carbocycles. The van der Waals surface area contributed by atoms with Gasteiger partial charge in [-0.2, -0.15) is 0 Å². The van der Waals surface area contributed by atoms with Gasteiger partial charge in [-0.15, -0.1) is 0 Å². The zero-order valence-electron chi connectivity index (χ0n) is 19.7. The predicted molar refractivity (Wildman–Crippen MR) is 129 cm³/mol. The Hall–Kier alpha value is -2.33. The Morgan fingerprint density at radius 2 is 1.78 bits per heavy atom. The maximum Gasteiger partial charge on any atom is 0.408 e. The van der Waals surface area contributed by atoms with Crippen molar-refractivity contribution in [3.05, 3.63) is 59.2 Å². The van der Waals surface area contributed by atoms with Gasteiger partial charge in [-0.05, 0) is 84.3 Å². The van der Waals surface area contributed by atoms with E-state index in [-0.39, 0.29) is 17.5 Å². The Morgan fingerprint density at radius 1 is 1.03 bits per heavy atom. The third-order valence-corrected chi connectivity index (χ3v) is 8.02. The summed E-state index contributed by atoms with van der Waals surface area (Å²) in [5.41, 5.74) is 6.49. The predicted octanol–water partition coefficient (Wildman–Crippen LogP) is 6.10. The molecule has 32 heavy (non-hydrogen) atoms. The Morgan fingerprint density at radius 3 is 2.44 bits per heavy atom. The van der Waals surface area contributed by atoms with E-state index < -0.39 is 6.09 Å². The van der Waals surface area contributed by atoms with E-state index in [1.165, 1.54) is 27.8 Å². The minimum absolute atomic E-state index is 0.0169. The molecular weight excluding hydrogens is 396 g/mol. The number of benzene rings is 2. The van der Waals surface area contributed by atoms with E-state index in [0.29, 0.717) is 5.92 Å². The molecule has 6 rings (SSSR count). The first-order valence-electron chi connectivity index (χ1n) is 12.3. The highest BCUT2D eigenvalue weighted by atomic mass is 16.4. The first-order valence-corrected chi connectivity index (χ1v) is 12.3. The molecule has 0 radical (unpaired) electrons. The van der Waals surface area contributed by atoms with Gasteiger partial charge in [0.2, 0.25) is 0 Å². The van der Waals surface area contributed by atoms with E-state index in [1.807, 2.05) is 4.90 Å². The molecule has 4 nitrogen and oxygen atoms in total. The second kappa shape index (κ2) is 8.22. The van der Waals surface area contributed by atoms with Crippen LogP contribution in [0.1, 0.15) is 69.2 Å². The molecule has 2 atom stereocenters. The Bertz CT molecular complexity index is 1000. The summed E-state index contributed by atoms with van der Waals surface area (Å²) in [6, 6.07) is 15.7. The number of hydrogen-bond donors (Lipinski definition) is 1. The number of rotatable bonds is 3. The van der Waals surface area contributed by atoms with Crippen LogP contribution in [0.2, 0.25) is 0 Å². The minimum atomic E-state index is -0.747. The molecule has 0 spiro atoms. The van der Waals surface area contributed by atoms with Gasteiger partial charge in [0.1, 0.15) is 0 Å². The first-order chi connectivity index (χ1) is 15.3. The molecule has 4 heteroatoms. The number of piperidine rings is 3. The Kier molecular flexibility index (Phi) is 5.53. The van der Waals surface area contributed by atoms with Crippen molar-refractivity contribution < 1.29 is 9.90 Å². The van der Waals surface area contributed by atoms with Crippen LogP contribution in [-0.4, -0.2) is 46.7 Å². The third-order valence-electron chi connectivity index (χ3n) is 8.02. The minimum Gasteiger partial charge on any atom is -0.465 e. The van der Waals surface area contributed by atoms with E-state index in [0.717, 1.165) is 51.7 Å². The van der Waals surface area contributed by atoms with Crippen LogP contribution in [0.3, 0.4) is 0 Å². The number of aryl methyl sites for hydroxylation is 1. The fraction of sp³-hybridized carbons (Fsp3) is 0.536. The smallest absolute Gasteiger partial charge is 0.408 e. The topological polar surface area (TPSA) is 43.8 Å². The summed E-state index contributed by atoms with van der Waals surface area (Å²) in [4.78, 5) is 16.8. The van der Waals surface area contributed by atoms with Gasteiger partial charge in [-0.1, -0.05) is 63.2 Å². The molecule has 0 saturated carbocycles. The zero-order chi connectivity index (χ0) is 22.5. The average molecular weight is 433 g/mol. The standard InChI is InChI=1S/C28H36N2O2/c1-28(2,3)23-8-4-6-20(17-23)21-10-11-24-22(16-21)7-5-9-25(24)30(27(31)32)26-18-29-14-12-19(26)13-15-29/h4,6,8,10-11,16-17,19,25-26H,5,7,9,12-15,18H2,1-3H3,(H,31,32)/t25?,26-/m1/s1. The summed E-state index contributed by atoms with van der Waals surface area (Å²) in [5.74, 6) is 0.515. The van der Waals surface area contributed by atoms with Crippen LogP contribution < -0.4 is 0 Å². The SMILES string of the molecule is CC(C)(C)c1cccc(-c2ccc3c(c2)CCCC3N(C(=O)O)[C@@H]2CN3CCC2CC3)c1. The number of fused-ring (bicyclic) bond motifs is 4. The van der Waals surface area contributed by atoms with Crippen LogP contribution in [0.5, 0.6) is 0 Å². The van der Waals surface area contributed by atoms with Crippen LogP contribution in [0.25, 0.3) is 11.1 Å². The second-order valence-electron chi connectivity index (χ2n) is 11.0. The summed E-state index contributed by atoms with van der Waals surface area (Å²) in [6.07, 6.45) is 4.54. The molecule has 3 aliphatic heterocycles. The van der Waals surface area contributed by atoms with Crippen molar-refractivity contribution in [1.82, 2.24) is 9.80 Å². The number of nitrogens with zero attached hydrogens (tertiary/aromatic N) is 2. The molecule has 3 saturated heterocycles. The van der Waals surface area contributed by atoms with Gasteiger partial charge in [-0.25, -0.2) is 4.79 Å². The van der Waals surface area contributed by atoms with Crippen LogP contribution in [0.15, 0.2) is 42.5 Å². The molecule has 2 aromatic rings. The lowest BCUT2D eigenvalue weighted by Crippen LogP contribution is -2.59. The molecule has 3 fully saturated rings. The fourth-order valence-electron chi connectivity index (χ4n) is 6.18. The third kappa shape index (κ3) is 3.94. The van der Waals surface area contributed by atoms with Crippen LogP contribution in [-0.2, 0) is 11.8 Å². The average Bonchev–Trinajstić information content (AvgIpc) is 2.79. The van der Waals surface area contributed by atoms with Gasteiger partial charge >= 0.3 is 6.09 Å². The lowest BCUT2D eigenvalue weighted by atomic mass is 9.79. The van der Waals surface area contributed by atoms with Gasteiger partial charge in [0.25, 0.3) is 0 Å². The summed E-state index contributed by atoms with van der Waals surface area (Å²) >= 11 is 0.